The van der Waals surface area contributed by atoms with Crippen LogP contribution in [0.5, 0.6) is 0 Å². The first-order chi connectivity index (χ1) is 18.8. The van der Waals surface area contributed by atoms with Crippen LogP contribution in [0, 0.1) is 26.7 Å². The highest BCUT2D eigenvalue weighted by atomic mass is 16.5. The number of carboxylic acid groups (broad SMARTS) is 1. The van der Waals surface area contributed by atoms with Gasteiger partial charge >= 0.3 is 5.97 Å². The Morgan fingerprint density at radius 3 is 1.97 bits per heavy atom. The Labute approximate surface area is 232 Å². The van der Waals surface area contributed by atoms with E-state index < -0.39 is 5.97 Å². The van der Waals surface area contributed by atoms with Crippen molar-refractivity contribution >= 4 is 17.8 Å². The highest BCUT2D eigenvalue weighted by Gasteiger charge is 2.30. The summed E-state index contributed by atoms with van der Waals surface area (Å²) in [5.74, 6) is -1.26. The number of piperazine rings is 1. The van der Waals surface area contributed by atoms with Gasteiger partial charge in [0.1, 0.15) is 24.2 Å². The second-order valence-corrected chi connectivity index (χ2v) is 10.7. The number of rotatable bonds is 15. The molecule has 1 saturated heterocycles. The van der Waals surface area contributed by atoms with E-state index in [1.807, 2.05) is 32.9 Å². The van der Waals surface area contributed by atoms with Gasteiger partial charge < -0.3 is 29.2 Å². The second kappa shape index (κ2) is 16.1. The van der Waals surface area contributed by atoms with Crippen LogP contribution in [-0.2, 0) is 23.8 Å². The monoisotopic (exact) mass is 546 g/mol. The lowest BCUT2D eigenvalue weighted by Gasteiger charge is -2.34. The fraction of sp³-hybridized carbons (Fsp3) is 0.667. The van der Waals surface area contributed by atoms with Gasteiger partial charge in [-0.05, 0) is 63.1 Å². The zero-order valence-electron chi connectivity index (χ0n) is 23.8. The number of aliphatic hydroxyl groups excluding tert-OH is 1. The van der Waals surface area contributed by atoms with E-state index >= 15 is 0 Å². The summed E-state index contributed by atoms with van der Waals surface area (Å²) < 4.78 is 17.1. The van der Waals surface area contributed by atoms with Gasteiger partial charge in [0.25, 0.3) is 0 Å². The Morgan fingerprint density at radius 1 is 0.872 bits per heavy atom. The van der Waals surface area contributed by atoms with Gasteiger partial charge in [0.15, 0.2) is 0 Å². The van der Waals surface area contributed by atoms with E-state index in [0.717, 1.165) is 75.1 Å². The van der Waals surface area contributed by atoms with Gasteiger partial charge in [-0.15, -0.1) is 0 Å². The molecular formula is C30H46N2O7. The summed E-state index contributed by atoms with van der Waals surface area (Å²) in [4.78, 5) is 27.2. The van der Waals surface area contributed by atoms with Crippen molar-refractivity contribution in [1.29, 1.82) is 0 Å². The largest absolute Gasteiger partial charge is 0.511 e. The number of allylic oxidation sites excluding steroid dienone is 1. The Morgan fingerprint density at radius 2 is 1.44 bits per heavy atom. The standard InChI is InChI=1S/C30H46N2O7/c1-22-20-23(2)27(24(3)21-22)28(30(35)36)29(34)25-4-6-26(7-5-25)39-19-18-38-16-13-32-10-8-31(9-11-32)12-15-37-17-14-33/h14,20-21,25-26,34H,4-13,15-19H2,1-3H3,(H,35,36)/b29-28+. The Hall–Kier alpha value is -2.30. The smallest absolute Gasteiger partial charge is 0.339 e. The zero-order valence-corrected chi connectivity index (χ0v) is 23.8. The fourth-order valence-electron chi connectivity index (χ4n) is 5.76. The molecule has 1 aromatic rings. The van der Waals surface area contributed by atoms with Gasteiger partial charge in [0, 0.05) is 45.2 Å². The van der Waals surface area contributed by atoms with Crippen LogP contribution in [0.2, 0.25) is 0 Å². The highest BCUT2D eigenvalue weighted by Crippen LogP contribution is 2.36. The lowest BCUT2D eigenvalue weighted by molar-refractivity contribution is -0.130. The third-order valence-electron chi connectivity index (χ3n) is 7.79. The Bertz CT molecular complexity index is 941. The van der Waals surface area contributed by atoms with Crippen LogP contribution >= 0.6 is 0 Å². The quantitative estimate of drug-likeness (QED) is 0.148. The summed E-state index contributed by atoms with van der Waals surface area (Å²) in [5.41, 5.74) is 3.48. The number of hydrogen-bond donors (Lipinski definition) is 2. The number of carbonyl (C=O) groups excluding carboxylic acids is 1. The van der Waals surface area contributed by atoms with Gasteiger partial charge in [-0.3, -0.25) is 9.80 Å². The molecule has 2 N–H and O–H groups in total. The molecule has 9 heteroatoms. The van der Waals surface area contributed by atoms with E-state index in [-0.39, 0.29) is 30.0 Å². The number of ether oxygens (including phenoxy) is 3. The SMILES string of the molecule is Cc1cc(C)c(/C(C(=O)O)=C(\O)C2CCC(OCCOCCN3CCN(CCOCC=O)CC3)CC2)c(C)c1. The maximum absolute atomic E-state index is 12.2. The maximum atomic E-state index is 12.2. The summed E-state index contributed by atoms with van der Waals surface area (Å²) in [6.07, 6.45) is 3.87. The van der Waals surface area contributed by atoms with E-state index in [0.29, 0.717) is 44.8 Å². The molecule has 0 bridgehead atoms. The van der Waals surface area contributed by atoms with Crippen LogP contribution in [0.1, 0.15) is 47.9 Å². The van der Waals surface area contributed by atoms with Crippen LogP contribution in [-0.4, -0.2) is 111 Å². The molecule has 1 aliphatic carbocycles. The lowest BCUT2D eigenvalue weighted by Crippen LogP contribution is -2.48. The van der Waals surface area contributed by atoms with Crippen molar-refractivity contribution in [1.82, 2.24) is 9.80 Å². The van der Waals surface area contributed by atoms with Crippen molar-refractivity contribution in [3.05, 3.63) is 40.1 Å². The van der Waals surface area contributed by atoms with E-state index in [2.05, 4.69) is 9.80 Å². The van der Waals surface area contributed by atoms with Crippen LogP contribution < -0.4 is 0 Å². The molecule has 0 spiro atoms. The van der Waals surface area contributed by atoms with Crippen molar-refractivity contribution < 1.29 is 34.0 Å². The number of aliphatic carboxylic acids is 1. The predicted molar refractivity (Wildman–Crippen MR) is 150 cm³/mol. The molecule has 0 aromatic heterocycles. The first-order valence-electron chi connectivity index (χ1n) is 14.2. The van der Waals surface area contributed by atoms with E-state index in [1.54, 1.807) is 0 Å². The minimum Gasteiger partial charge on any atom is -0.511 e. The zero-order chi connectivity index (χ0) is 28.2. The number of nitrogens with zero attached hydrogens (tertiary/aromatic N) is 2. The first kappa shape index (κ1) is 31.2. The summed E-state index contributed by atoms with van der Waals surface area (Å²) in [7, 11) is 0. The average Bonchev–Trinajstić information content (AvgIpc) is 2.91. The van der Waals surface area contributed by atoms with E-state index in [1.165, 1.54) is 0 Å². The first-order valence-corrected chi connectivity index (χ1v) is 14.2. The fourth-order valence-corrected chi connectivity index (χ4v) is 5.76. The van der Waals surface area contributed by atoms with Crippen LogP contribution in [0.15, 0.2) is 17.9 Å². The molecule has 218 valence electrons. The van der Waals surface area contributed by atoms with E-state index in [4.69, 9.17) is 14.2 Å². The molecule has 3 rings (SSSR count). The number of aryl methyl sites for hydroxylation is 3. The summed E-state index contributed by atoms with van der Waals surface area (Å²) in [6.45, 7) is 14.1. The van der Waals surface area contributed by atoms with Gasteiger partial charge in [0.05, 0.1) is 32.5 Å². The van der Waals surface area contributed by atoms with Gasteiger partial charge in [-0.25, -0.2) is 4.79 Å². The average molecular weight is 547 g/mol. The Balaban J connectivity index is 1.32. The number of carboxylic acids is 1. The molecule has 1 heterocycles. The Kier molecular flexibility index (Phi) is 12.9. The molecule has 1 aliphatic heterocycles. The summed E-state index contributed by atoms with van der Waals surface area (Å²) >= 11 is 0. The number of carbonyl (C=O) groups is 2. The highest BCUT2D eigenvalue weighted by molar-refractivity contribution is 6.17. The summed E-state index contributed by atoms with van der Waals surface area (Å²) in [5, 5.41) is 21.0. The normalized spacial score (nSPS) is 21.5. The topological polar surface area (TPSA) is 109 Å². The predicted octanol–water partition coefficient (Wildman–Crippen LogP) is 3.39. The molecular weight excluding hydrogens is 500 g/mol. The van der Waals surface area contributed by atoms with Crippen molar-refractivity contribution in [3.63, 3.8) is 0 Å². The van der Waals surface area contributed by atoms with Crippen molar-refractivity contribution in [3.8, 4) is 0 Å². The maximum Gasteiger partial charge on any atom is 0.339 e. The molecule has 2 fully saturated rings. The number of aldehydes is 1. The minimum atomic E-state index is -1.08. The van der Waals surface area contributed by atoms with Crippen LogP contribution in [0.3, 0.4) is 0 Å². The molecule has 2 aliphatic rings. The molecule has 0 atom stereocenters. The van der Waals surface area contributed by atoms with Crippen molar-refractivity contribution in [2.24, 2.45) is 5.92 Å². The van der Waals surface area contributed by atoms with Crippen LogP contribution in [0.25, 0.3) is 5.57 Å². The van der Waals surface area contributed by atoms with Crippen molar-refractivity contribution in [2.75, 3.05) is 72.3 Å². The van der Waals surface area contributed by atoms with Crippen molar-refractivity contribution in [2.45, 2.75) is 52.6 Å². The molecule has 1 saturated carbocycles. The number of benzene rings is 1. The number of hydrogen-bond acceptors (Lipinski definition) is 8. The third-order valence-corrected chi connectivity index (χ3v) is 7.79. The molecule has 0 amide bonds. The van der Waals surface area contributed by atoms with Gasteiger partial charge in [0.2, 0.25) is 0 Å². The van der Waals surface area contributed by atoms with Gasteiger partial charge in [-0.2, -0.15) is 0 Å². The molecule has 39 heavy (non-hydrogen) atoms. The molecule has 0 unspecified atom stereocenters. The second-order valence-electron chi connectivity index (χ2n) is 10.7. The molecule has 1 aromatic carbocycles. The summed E-state index contributed by atoms with van der Waals surface area (Å²) in [6, 6.07) is 3.92. The lowest BCUT2D eigenvalue weighted by atomic mass is 9.82. The number of aliphatic hydroxyl groups is 1. The third kappa shape index (κ3) is 9.69. The van der Waals surface area contributed by atoms with Crippen LogP contribution in [0.4, 0.5) is 0 Å². The van der Waals surface area contributed by atoms with E-state index in [9.17, 15) is 19.8 Å². The molecule has 0 radical (unpaired) electrons. The molecule has 9 nitrogen and oxygen atoms in total. The van der Waals surface area contributed by atoms with Gasteiger partial charge in [-0.1, -0.05) is 17.7 Å². The minimum absolute atomic E-state index is 0.00796.